The monoisotopic (exact) mass is 251 g/mol. The summed E-state index contributed by atoms with van der Waals surface area (Å²) >= 11 is 0. The molecule has 9 heteroatoms. The molecule has 9 nitrogen and oxygen atoms in total. The molecule has 0 spiro atoms. The summed E-state index contributed by atoms with van der Waals surface area (Å²) in [4.78, 5) is 41.2. The van der Waals surface area contributed by atoms with E-state index in [9.17, 15) is 19.7 Å². The van der Waals surface area contributed by atoms with E-state index in [1.165, 1.54) is 4.57 Å². The normalized spacial score (nSPS) is 15.1. The highest BCUT2D eigenvalue weighted by atomic mass is 16.6. The van der Waals surface area contributed by atoms with Crippen molar-refractivity contribution in [1.29, 1.82) is 0 Å². The second kappa shape index (κ2) is 3.52. The van der Waals surface area contributed by atoms with E-state index < -0.39 is 22.1 Å². The standard InChI is InChI=1S/C9H9N5O4/c15-7-5-6(11-8(10-5)14(17)18)13(9(16)12-7)3-4-1-2-4/h4H,1-3H2,(H,10,11)(H,12,15,16). The lowest BCUT2D eigenvalue weighted by Crippen LogP contribution is -2.30. The van der Waals surface area contributed by atoms with Crippen molar-refractivity contribution in [3.8, 4) is 0 Å². The summed E-state index contributed by atoms with van der Waals surface area (Å²) in [5.74, 6) is -0.154. The van der Waals surface area contributed by atoms with Crippen LogP contribution in [0.5, 0.6) is 0 Å². The third-order valence-electron chi connectivity index (χ3n) is 2.93. The number of aromatic amines is 2. The minimum absolute atomic E-state index is 0.0399. The van der Waals surface area contributed by atoms with E-state index in [0.717, 1.165) is 12.8 Å². The highest BCUT2D eigenvalue weighted by Gasteiger charge is 2.27. The van der Waals surface area contributed by atoms with Crippen molar-refractivity contribution in [2.45, 2.75) is 19.4 Å². The van der Waals surface area contributed by atoms with Crippen LogP contribution in [0.15, 0.2) is 9.59 Å². The number of aromatic nitrogens is 4. The Bertz CT molecular complexity index is 750. The van der Waals surface area contributed by atoms with Gasteiger partial charge in [0.05, 0.1) is 0 Å². The summed E-state index contributed by atoms with van der Waals surface area (Å²) in [6, 6.07) is 0. The van der Waals surface area contributed by atoms with Crippen LogP contribution in [0.25, 0.3) is 11.2 Å². The van der Waals surface area contributed by atoms with Gasteiger partial charge in [-0.15, -0.1) is 0 Å². The van der Waals surface area contributed by atoms with E-state index in [2.05, 4.69) is 15.0 Å². The summed E-state index contributed by atoms with van der Waals surface area (Å²) < 4.78 is 1.28. The first-order chi connectivity index (χ1) is 8.56. The highest BCUT2D eigenvalue weighted by molar-refractivity contribution is 5.71. The lowest BCUT2D eigenvalue weighted by atomic mass is 10.4. The maximum Gasteiger partial charge on any atom is 0.435 e. The minimum Gasteiger partial charge on any atom is -0.390 e. The molecule has 1 aliphatic rings. The number of rotatable bonds is 3. The van der Waals surface area contributed by atoms with Gasteiger partial charge in [-0.05, 0) is 28.7 Å². The second-order valence-electron chi connectivity index (χ2n) is 4.33. The van der Waals surface area contributed by atoms with Gasteiger partial charge in [-0.2, -0.15) is 0 Å². The van der Waals surface area contributed by atoms with Gasteiger partial charge in [-0.1, -0.05) is 0 Å². The zero-order valence-corrected chi connectivity index (χ0v) is 9.17. The Balaban J connectivity index is 2.28. The van der Waals surface area contributed by atoms with Crippen molar-refractivity contribution >= 4 is 17.1 Å². The van der Waals surface area contributed by atoms with Gasteiger partial charge in [0.15, 0.2) is 0 Å². The molecule has 3 rings (SSSR count). The van der Waals surface area contributed by atoms with Crippen LogP contribution in [0.3, 0.4) is 0 Å². The number of imidazole rings is 1. The number of fused-ring (bicyclic) bond motifs is 1. The zero-order chi connectivity index (χ0) is 12.9. The molecule has 2 heterocycles. The number of nitrogens with one attached hydrogen (secondary N) is 2. The fourth-order valence-corrected chi connectivity index (χ4v) is 1.84. The van der Waals surface area contributed by atoms with Gasteiger partial charge in [-0.25, -0.2) is 9.78 Å². The van der Waals surface area contributed by atoms with Gasteiger partial charge in [0, 0.05) is 6.54 Å². The first kappa shape index (κ1) is 10.7. The zero-order valence-electron chi connectivity index (χ0n) is 9.17. The van der Waals surface area contributed by atoms with Crippen molar-refractivity contribution < 1.29 is 4.92 Å². The van der Waals surface area contributed by atoms with Crippen LogP contribution in [-0.2, 0) is 6.54 Å². The fourth-order valence-electron chi connectivity index (χ4n) is 1.84. The molecule has 0 aromatic carbocycles. The molecule has 94 valence electrons. The maximum absolute atomic E-state index is 11.7. The Morgan fingerprint density at radius 3 is 2.72 bits per heavy atom. The number of H-pyrrole nitrogens is 2. The average Bonchev–Trinajstić information content (AvgIpc) is 2.99. The van der Waals surface area contributed by atoms with E-state index in [4.69, 9.17) is 0 Å². The summed E-state index contributed by atoms with van der Waals surface area (Å²) in [7, 11) is 0. The lowest BCUT2D eigenvalue weighted by Gasteiger charge is -2.00. The van der Waals surface area contributed by atoms with Gasteiger partial charge >= 0.3 is 11.6 Å². The SMILES string of the molecule is O=c1[nH]c(=O)n(CC2CC2)c2nc([N+](=O)[O-])[nH]c12. The molecule has 1 aliphatic carbocycles. The van der Waals surface area contributed by atoms with Gasteiger partial charge in [0.1, 0.15) is 0 Å². The number of nitrogens with zero attached hydrogens (tertiary/aromatic N) is 3. The third kappa shape index (κ3) is 1.60. The van der Waals surface area contributed by atoms with Crippen molar-refractivity contribution in [2.24, 2.45) is 5.92 Å². The number of nitro groups is 1. The maximum atomic E-state index is 11.7. The van der Waals surface area contributed by atoms with Crippen molar-refractivity contribution in [3.05, 3.63) is 31.0 Å². The van der Waals surface area contributed by atoms with Crippen molar-refractivity contribution in [3.63, 3.8) is 0 Å². The third-order valence-corrected chi connectivity index (χ3v) is 2.93. The molecule has 0 saturated heterocycles. The summed E-state index contributed by atoms with van der Waals surface area (Å²) in [6.07, 6.45) is 2.03. The van der Waals surface area contributed by atoms with Crippen LogP contribution >= 0.6 is 0 Å². The van der Waals surface area contributed by atoms with E-state index in [1.807, 2.05) is 0 Å². The molecular formula is C9H9N5O4. The topological polar surface area (TPSA) is 127 Å². The molecular weight excluding hydrogens is 242 g/mol. The van der Waals surface area contributed by atoms with Crippen LogP contribution < -0.4 is 11.2 Å². The molecule has 0 atom stereocenters. The van der Waals surface area contributed by atoms with E-state index in [0.29, 0.717) is 12.5 Å². The molecule has 1 saturated carbocycles. The predicted octanol–water partition coefficient (Wildman–Crippen LogP) is -0.269. The molecule has 2 N–H and O–H groups in total. The molecule has 18 heavy (non-hydrogen) atoms. The van der Waals surface area contributed by atoms with Crippen LogP contribution in [0.4, 0.5) is 5.95 Å². The Morgan fingerprint density at radius 1 is 1.39 bits per heavy atom. The van der Waals surface area contributed by atoms with E-state index in [1.54, 1.807) is 0 Å². The first-order valence-electron chi connectivity index (χ1n) is 5.43. The Hall–Kier alpha value is -2.45. The molecule has 0 radical (unpaired) electrons. The Kier molecular flexibility index (Phi) is 2.09. The number of hydrogen-bond acceptors (Lipinski definition) is 5. The van der Waals surface area contributed by atoms with Gasteiger partial charge in [-0.3, -0.25) is 14.3 Å². The minimum atomic E-state index is -0.731. The van der Waals surface area contributed by atoms with Gasteiger partial charge in [0.2, 0.25) is 5.52 Å². The summed E-state index contributed by atoms with van der Waals surface area (Å²) in [6.45, 7) is 0.425. The summed E-state index contributed by atoms with van der Waals surface area (Å²) in [5.41, 5.74) is -1.27. The van der Waals surface area contributed by atoms with E-state index >= 15 is 0 Å². The van der Waals surface area contributed by atoms with E-state index in [-0.39, 0.29) is 11.2 Å². The van der Waals surface area contributed by atoms with Gasteiger partial charge < -0.3 is 10.1 Å². The molecule has 0 unspecified atom stereocenters. The Labute approximate surface area is 98.6 Å². The molecule has 0 bridgehead atoms. The number of hydrogen-bond donors (Lipinski definition) is 2. The highest BCUT2D eigenvalue weighted by Crippen LogP contribution is 2.30. The lowest BCUT2D eigenvalue weighted by molar-refractivity contribution is -0.393. The Morgan fingerprint density at radius 2 is 2.11 bits per heavy atom. The van der Waals surface area contributed by atoms with Crippen molar-refractivity contribution in [1.82, 2.24) is 19.5 Å². The largest absolute Gasteiger partial charge is 0.435 e. The average molecular weight is 251 g/mol. The molecule has 2 aromatic heterocycles. The molecule has 0 amide bonds. The predicted molar refractivity (Wildman–Crippen MR) is 60.4 cm³/mol. The molecule has 1 fully saturated rings. The van der Waals surface area contributed by atoms with Gasteiger partial charge in [0.25, 0.3) is 11.2 Å². The molecule has 2 aromatic rings. The van der Waals surface area contributed by atoms with Crippen LogP contribution in [0.1, 0.15) is 12.8 Å². The second-order valence-corrected chi connectivity index (χ2v) is 4.33. The van der Waals surface area contributed by atoms with Crippen LogP contribution in [0.2, 0.25) is 0 Å². The van der Waals surface area contributed by atoms with Crippen LogP contribution in [0, 0.1) is 16.0 Å². The van der Waals surface area contributed by atoms with Crippen LogP contribution in [-0.4, -0.2) is 24.4 Å². The smallest absolute Gasteiger partial charge is 0.390 e. The first-order valence-corrected chi connectivity index (χ1v) is 5.43. The molecule has 0 aliphatic heterocycles. The van der Waals surface area contributed by atoms with Crippen molar-refractivity contribution in [2.75, 3.05) is 0 Å². The quantitative estimate of drug-likeness (QED) is 0.573. The fraction of sp³-hybridized carbons (Fsp3) is 0.444. The summed E-state index contributed by atoms with van der Waals surface area (Å²) in [5, 5.41) is 10.6.